The number of nitrogens with one attached hydrogen (secondary N) is 1. The van der Waals surface area contributed by atoms with Crippen LogP contribution in [0.3, 0.4) is 0 Å². The molecule has 0 saturated heterocycles. The lowest BCUT2D eigenvalue weighted by Gasteiger charge is -2.42. The first-order valence-corrected chi connectivity index (χ1v) is 12.7. The molecule has 0 fully saturated rings. The molecule has 1 aliphatic heterocycles. The number of aromatic nitrogens is 2. The first kappa shape index (κ1) is 25.4. The maximum absolute atomic E-state index is 15.1. The van der Waals surface area contributed by atoms with Crippen molar-refractivity contribution in [1.29, 1.82) is 0 Å². The van der Waals surface area contributed by atoms with E-state index in [0.717, 1.165) is 5.56 Å². The zero-order valence-corrected chi connectivity index (χ0v) is 21.3. The smallest absolute Gasteiger partial charge is 0.391 e. The number of anilines is 1. The third-order valence-corrected chi connectivity index (χ3v) is 8.50. The fourth-order valence-electron chi connectivity index (χ4n) is 4.51. The molecule has 4 rings (SSSR count). The lowest BCUT2D eigenvalue weighted by molar-refractivity contribution is 0.193. The lowest BCUT2D eigenvalue weighted by atomic mass is 9.87. The highest BCUT2D eigenvalue weighted by Gasteiger charge is 2.45. The van der Waals surface area contributed by atoms with E-state index in [1.807, 2.05) is 6.92 Å². The zero-order chi connectivity index (χ0) is 25.5. The van der Waals surface area contributed by atoms with Gasteiger partial charge in [0.05, 0.1) is 19.0 Å². The van der Waals surface area contributed by atoms with E-state index in [9.17, 15) is 13.2 Å². The molecule has 188 valence electrons. The van der Waals surface area contributed by atoms with Gasteiger partial charge in [0, 0.05) is 24.6 Å². The molecule has 2 aromatic carbocycles. The average Bonchev–Trinajstić information content (AvgIpc) is 3.23. The van der Waals surface area contributed by atoms with Crippen molar-refractivity contribution in [2.24, 2.45) is 0 Å². The molecule has 35 heavy (non-hydrogen) atoms. The number of rotatable bonds is 7. The number of halogens is 2. The maximum atomic E-state index is 15.1. The number of aromatic amines is 1. The summed E-state index contributed by atoms with van der Waals surface area (Å²) < 4.78 is 54.6. The predicted octanol–water partition coefficient (Wildman–Crippen LogP) is 3.73. The Morgan fingerprint density at radius 2 is 2.03 bits per heavy atom. The first-order valence-electron chi connectivity index (χ1n) is 10.9. The van der Waals surface area contributed by atoms with Gasteiger partial charge in [-0.25, -0.2) is 22.7 Å². The second kappa shape index (κ2) is 9.73. The van der Waals surface area contributed by atoms with Gasteiger partial charge >= 0.3 is 5.76 Å². The highest BCUT2D eigenvalue weighted by Crippen LogP contribution is 2.44. The number of ether oxygens (including phenoxy) is 1. The summed E-state index contributed by atoms with van der Waals surface area (Å²) in [5.74, 6) is -2.23. The Morgan fingerprint density at radius 1 is 1.29 bits per heavy atom. The summed E-state index contributed by atoms with van der Waals surface area (Å²) in [5, 5.41) is 6.53. The monoisotopic (exact) mass is 524 g/mol. The van der Waals surface area contributed by atoms with Crippen LogP contribution in [0.25, 0.3) is 0 Å². The molecule has 2 heterocycles. The van der Waals surface area contributed by atoms with Crippen LogP contribution in [0.15, 0.2) is 44.4 Å². The van der Waals surface area contributed by atoms with Gasteiger partial charge in [0.1, 0.15) is 16.8 Å². The molecular weight excluding hydrogens is 499 g/mol. The minimum atomic E-state index is -4.13. The Labute approximate surface area is 207 Å². The van der Waals surface area contributed by atoms with E-state index in [-0.39, 0.29) is 17.5 Å². The Hall–Kier alpha value is -2.73. The van der Waals surface area contributed by atoms with Crippen molar-refractivity contribution in [2.75, 3.05) is 31.8 Å². The topological polar surface area (TPSA) is 109 Å². The molecule has 0 spiro atoms. The molecule has 9 nitrogen and oxygen atoms in total. The Balaban J connectivity index is 1.92. The highest BCUT2D eigenvalue weighted by molar-refractivity contribution is 7.89. The number of methoxy groups -OCH3 is 1. The van der Waals surface area contributed by atoms with Gasteiger partial charge < -0.3 is 14.1 Å². The van der Waals surface area contributed by atoms with Gasteiger partial charge in [-0.1, -0.05) is 24.6 Å². The predicted molar refractivity (Wildman–Crippen MR) is 129 cm³/mol. The summed E-state index contributed by atoms with van der Waals surface area (Å²) in [5.41, 5.74) is 2.27. The largest absolute Gasteiger partial charge is 0.434 e. The molecule has 1 N–H and O–H groups in total. The third kappa shape index (κ3) is 4.61. The second-order valence-corrected chi connectivity index (χ2v) is 10.8. The number of H-pyrrole nitrogens is 1. The van der Waals surface area contributed by atoms with Crippen LogP contribution in [0.5, 0.6) is 0 Å². The fraction of sp³-hybridized carbons (Fsp3) is 0.391. The van der Waals surface area contributed by atoms with E-state index in [1.54, 1.807) is 38.0 Å². The molecule has 3 aromatic rings. The molecule has 2 atom stereocenters. The standard InChI is InChI=1S/C23H26ClFN4O5S/c1-13-5-7-17(25)20(14(13)2)15(3)21(22-26-27-23(30)34-22)29-12-28(9-10-33-4)18-11-16(24)6-8-19(18)35(29,31)32/h5-8,11,15,21H,9-10,12H2,1-4H3,(H,27,30)/t15-,21+/m1/s1. The summed E-state index contributed by atoms with van der Waals surface area (Å²) >= 11 is 6.17. The number of hydrogen-bond acceptors (Lipinski definition) is 7. The molecule has 1 aromatic heterocycles. The fourth-order valence-corrected chi connectivity index (χ4v) is 6.48. The van der Waals surface area contributed by atoms with Gasteiger partial charge in [-0.2, -0.15) is 4.31 Å². The Morgan fingerprint density at radius 3 is 2.69 bits per heavy atom. The molecule has 0 radical (unpaired) electrons. The van der Waals surface area contributed by atoms with Crippen molar-refractivity contribution in [1.82, 2.24) is 14.5 Å². The summed E-state index contributed by atoms with van der Waals surface area (Å²) in [4.78, 5) is 13.7. The summed E-state index contributed by atoms with van der Waals surface area (Å²) in [6.45, 7) is 5.88. The van der Waals surface area contributed by atoms with Crippen molar-refractivity contribution in [3.8, 4) is 0 Å². The molecular formula is C23H26ClFN4O5S. The van der Waals surface area contributed by atoms with Crippen molar-refractivity contribution in [2.45, 2.75) is 37.6 Å². The van der Waals surface area contributed by atoms with Crippen LogP contribution in [0.4, 0.5) is 10.1 Å². The van der Waals surface area contributed by atoms with Gasteiger partial charge in [-0.15, -0.1) is 5.10 Å². The number of benzene rings is 2. The lowest BCUT2D eigenvalue weighted by Crippen LogP contribution is -2.50. The van der Waals surface area contributed by atoms with Crippen LogP contribution in [0, 0.1) is 19.7 Å². The van der Waals surface area contributed by atoms with E-state index >= 15 is 4.39 Å². The van der Waals surface area contributed by atoms with Crippen molar-refractivity contribution in [3.63, 3.8) is 0 Å². The summed E-state index contributed by atoms with van der Waals surface area (Å²) in [6.07, 6.45) is 0. The highest BCUT2D eigenvalue weighted by atomic mass is 35.5. The summed E-state index contributed by atoms with van der Waals surface area (Å²) in [7, 11) is -2.59. The number of aryl methyl sites for hydroxylation is 1. The van der Waals surface area contributed by atoms with Gasteiger partial charge in [0.15, 0.2) is 0 Å². The molecule has 0 aliphatic carbocycles. The molecule has 0 unspecified atom stereocenters. The van der Waals surface area contributed by atoms with Crippen molar-refractivity contribution >= 4 is 27.3 Å². The van der Waals surface area contributed by atoms with Crippen LogP contribution in [0.2, 0.25) is 5.02 Å². The SMILES string of the molecule is COCCN1CN([C@H](c2n[nH]c(=O)o2)[C@H](C)c2c(F)ccc(C)c2C)S(=O)(=O)c2ccc(Cl)cc21. The van der Waals surface area contributed by atoms with E-state index in [1.165, 1.54) is 22.5 Å². The van der Waals surface area contributed by atoms with Gasteiger partial charge in [-0.3, -0.25) is 0 Å². The van der Waals surface area contributed by atoms with Crippen LogP contribution in [-0.2, 0) is 14.8 Å². The first-order chi connectivity index (χ1) is 16.6. The number of sulfonamides is 1. The average molecular weight is 525 g/mol. The Bertz CT molecular complexity index is 1410. The number of nitrogens with zero attached hydrogens (tertiary/aromatic N) is 3. The van der Waals surface area contributed by atoms with Crippen LogP contribution in [-0.4, -0.2) is 49.9 Å². The zero-order valence-electron chi connectivity index (χ0n) is 19.7. The van der Waals surface area contributed by atoms with Crippen molar-refractivity contribution in [3.05, 3.63) is 74.3 Å². The third-order valence-electron chi connectivity index (χ3n) is 6.40. The summed E-state index contributed by atoms with van der Waals surface area (Å²) in [6, 6.07) is 6.39. The normalized spacial score (nSPS) is 17.3. The minimum absolute atomic E-state index is 0.0285. The van der Waals surface area contributed by atoms with Crippen LogP contribution in [0.1, 0.15) is 41.5 Å². The quantitative estimate of drug-likeness (QED) is 0.501. The molecule has 0 bridgehead atoms. The maximum Gasteiger partial charge on any atom is 0.434 e. The number of fused-ring (bicyclic) bond motifs is 1. The van der Waals surface area contributed by atoms with Gasteiger partial charge in [0.25, 0.3) is 0 Å². The van der Waals surface area contributed by atoms with Crippen LogP contribution < -0.4 is 10.7 Å². The van der Waals surface area contributed by atoms with Crippen LogP contribution >= 0.6 is 11.6 Å². The minimum Gasteiger partial charge on any atom is -0.391 e. The van der Waals surface area contributed by atoms with Crippen molar-refractivity contribution < 1.29 is 22.0 Å². The van der Waals surface area contributed by atoms with E-state index in [0.29, 0.717) is 35.0 Å². The molecule has 0 amide bonds. The van der Waals surface area contributed by atoms with Gasteiger partial charge in [-0.05, 0) is 54.8 Å². The number of hydrogen-bond donors (Lipinski definition) is 1. The Kier molecular flexibility index (Phi) is 7.05. The van der Waals surface area contributed by atoms with E-state index in [4.69, 9.17) is 20.8 Å². The van der Waals surface area contributed by atoms with Gasteiger partial charge in [0.2, 0.25) is 15.9 Å². The van der Waals surface area contributed by atoms with E-state index in [2.05, 4.69) is 10.2 Å². The molecule has 12 heteroatoms. The second-order valence-electron chi connectivity index (χ2n) is 8.49. The molecule has 0 saturated carbocycles. The van der Waals surface area contributed by atoms with E-state index < -0.39 is 33.6 Å². The molecule has 1 aliphatic rings.